The Hall–Kier alpha value is -0.130. The van der Waals surface area contributed by atoms with Gasteiger partial charge in [-0.05, 0) is 25.3 Å². The van der Waals surface area contributed by atoms with Crippen LogP contribution in [0, 0.1) is 5.92 Å². The van der Waals surface area contributed by atoms with Gasteiger partial charge in [0.05, 0.1) is 5.75 Å². The molecule has 0 aromatic carbocycles. The summed E-state index contributed by atoms with van der Waals surface area (Å²) in [7, 11) is -3.07. The summed E-state index contributed by atoms with van der Waals surface area (Å²) in [5.74, 6) is 0.404. The van der Waals surface area contributed by atoms with Crippen molar-refractivity contribution in [1.29, 1.82) is 0 Å². The van der Waals surface area contributed by atoms with Gasteiger partial charge in [0, 0.05) is 12.6 Å². The molecule has 2 N–H and O–H groups in total. The van der Waals surface area contributed by atoms with E-state index < -0.39 is 10.0 Å². The molecule has 1 heterocycles. The minimum atomic E-state index is -3.07. The number of rotatable bonds is 5. The van der Waals surface area contributed by atoms with Crippen molar-refractivity contribution in [1.82, 2.24) is 10.0 Å². The zero-order chi connectivity index (χ0) is 11.3. The number of hydrogen-bond acceptors (Lipinski definition) is 3. The van der Waals surface area contributed by atoms with Gasteiger partial charge in [-0.2, -0.15) is 0 Å². The van der Waals surface area contributed by atoms with E-state index >= 15 is 0 Å². The molecule has 5 heteroatoms. The molecule has 1 aliphatic heterocycles. The second-order valence-corrected chi connectivity index (χ2v) is 6.52. The molecule has 1 atom stereocenters. The SMILES string of the molecule is CC(C)CS(=O)(=O)NCC1CCCCN1. The monoisotopic (exact) mass is 234 g/mol. The second kappa shape index (κ2) is 5.82. The molecule has 4 nitrogen and oxygen atoms in total. The Labute approximate surface area is 92.9 Å². The third-order valence-electron chi connectivity index (χ3n) is 2.51. The number of piperidine rings is 1. The third-order valence-corrected chi connectivity index (χ3v) is 4.23. The van der Waals surface area contributed by atoms with Crippen LogP contribution >= 0.6 is 0 Å². The van der Waals surface area contributed by atoms with Gasteiger partial charge >= 0.3 is 0 Å². The first-order chi connectivity index (χ1) is 6.99. The molecular weight excluding hydrogens is 212 g/mol. The molecule has 1 unspecified atom stereocenters. The molecular formula is C10H22N2O2S. The van der Waals surface area contributed by atoms with Gasteiger partial charge in [0.1, 0.15) is 0 Å². The zero-order valence-electron chi connectivity index (χ0n) is 9.62. The van der Waals surface area contributed by atoms with Crippen molar-refractivity contribution in [3.63, 3.8) is 0 Å². The molecule has 0 radical (unpaired) electrons. The highest BCUT2D eigenvalue weighted by atomic mass is 32.2. The Kier molecular flexibility index (Phi) is 5.02. The lowest BCUT2D eigenvalue weighted by Crippen LogP contribution is -2.44. The summed E-state index contributed by atoms with van der Waals surface area (Å²) in [6.07, 6.45) is 3.48. The minimum absolute atomic E-state index is 0.182. The van der Waals surface area contributed by atoms with E-state index in [9.17, 15) is 8.42 Å². The average molecular weight is 234 g/mol. The summed E-state index contributed by atoms with van der Waals surface area (Å²) in [6, 6.07) is 0.320. The molecule has 0 aromatic rings. The van der Waals surface area contributed by atoms with Crippen molar-refractivity contribution in [2.24, 2.45) is 5.92 Å². The molecule has 0 spiro atoms. The van der Waals surface area contributed by atoms with Crippen molar-refractivity contribution < 1.29 is 8.42 Å². The predicted molar refractivity (Wildman–Crippen MR) is 62.3 cm³/mol. The van der Waals surface area contributed by atoms with E-state index in [0.717, 1.165) is 13.0 Å². The first-order valence-electron chi connectivity index (χ1n) is 5.70. The van der Waals surface area contributed by atoms with Gasteiger partial charge in [0.15, 0.2) is 0 Å². The van der Waals surface area contributed by atoms with Gasteiger partial charge in [0.25, 0.3) is 0 Å². The molecule has 90 valence electrons. The number of nitrogens with one attached hydrogen (secondary N) is 2. The summed E-state index contributed by atoms with van der Waals surface area (Å²) in [5, 5.41) is 3.32. The molecule has 0 bridgehead atoms. The standard InChI is InChI=1S/C10H22N2O2S/c1-9(2)8-15(13,14)12-7-10-5-3-4-6-11-10/h9-12H,3-8H2,1-2H3. The van der Waals surface area contributed by atoms with Crippen LogP contribution in [0.25, 0.3) is 0 Å². The maximum Gasteiger partial charge on any atom is 0.211 e. The molecule has 0 saturated carbocycles. The van der Waals surface area contributed by atoms with Crippen LogP contribution in [0.15, 0.2) is 0 Å². The lowest BCUT2D eigenvalue weighted by Gasteiger charge is -2.23. The fraction of sp³-hybridized carbons (Fsp3) is 1.00. The molecule has 1 rings (SSSR count). The highest BCUT2D eigenvalue weighted by Gasteiger charge is 2.17. The number of sulfonamides is 1. The highest BCUT2D eigenvalue weighted by molar-refractivity contribution is 7.89. The lowest BCUT2D eigenvalue weighted by atomic mass is 10.1. The molecule has 0 aliphatic carbocycles. The Balaban J connectivity index is 2.28. The Morgan fingerprint density at radius 2 is 2.13 bits per heavy atom. The van der Waals surface area contributed by atoms with Crippen LogP contribution in [0.2, 0.25) is 0 Å². The molecule has 0 aromatic heterocycles. The van der Waals surface area contributed by atoms with Crippen molar-refractivity contribution in [3.05, 3.63) is 0 Å². The Bertz CT molecular complexity index is 269. The van der Waals surface area contributed by atoms with E-state index in [-0.39, 0.29) is 11.7 Å². The van der Waals surface area contributed by atoms with Crippen LogP contribution < -0.4 is 10.0 Å². The minimum Gasteiger partial charge on any atom is -0.313 e. The van der Waals surface area contributed by atoms with Gasteiger partial charge in [-0.15, -0.1) is 0 Å². The summed E-state index contributed by atoms with van der Waals surface area (Å²) in [5.41, 5.74) is 0. The maximum atomic E-state index is 11.5. The van der Waals surface area contributed by atoms with Crippen LogP contribution in [0.5, 0.6) is 0 Å². The van der Waals surface area contributed by atoms with Gasteiger partial charge in [0.2, 0.25) is 10.0 Å². The summed E-state index contributed by atoms with van der Waals surface area (Å²) in [4.78, 5) is 0. The van der Waals surface area contributed by atoms with E-state index in [1.54, 1.807) is 0 Å². The van der Waals surface area contributed by atoms with E-state index in [1.165, 1.54) is 12.8 Å². The fourth-order valence-corrected chi connectivity index (χ4v) is 3.27. The quantitative estimate of drug-likeness (QED) is 0.736. The zero-order valence-corrected chi connectivity index (χ0v) is 10.4. The molecule has 1 aliphatic rings. The van der Waals surface area contributed by atoms with Crippen molar-refractivity contribution in [3.8, 4) is 0 Å². The first-order valence-corrected chi connectivity index (χ1v) is 7.35. The second-order valence-electron chi connectivity index (χ2n) is 4.67. The summed E-state index contributed by atoms with van der Waals surface area (Å²) < 4.78 is 25.8. The predicted octanol–water partition coefficient (Wildman–Crippen LogP) is 0.704. The molecule has 0 amide bonds. The Morgan fingerprint density at radius 1 is 1.40 bits per heavy atom. The van der Waals surface area contributed by atoms with Crippen LogP contribution in [0.4, 0.5) is 0 Å². The highest BCUT2D eigenvalue weighted by Crippen LogP contribution is 2.06. The number of hydrogen-bond donors (Lipinski definition) is 2. The summed E-state index contributed by atoms with van der Waals surface area (Å²) >= 11 is 0. The van der Waals surface area contributed by atoms with E-state index in [1.807, 2.05) is 13.8 Å². The summed E-state index contributed by atoms with van der Waals surface area (Å²) in [6.45, 7) is 5.38. The largest absolute Gasteiger partial charge is 0.313 e. The molecule has 1 fully saturated rings. The Morgan fingerprint density at radius 3 is 2.67 bits per heavy atom. The van der Waals surface area contributed by atoms with Crippen LogP contribution in [0.3, 0.4) is 0 Å². The van der Waals surface area contributed by atoms with Crippen molar-refractivity contribution in [2.75, 3.05) is 18.8 Å². The van der Waals surface area contributed by atoms with Gasteiger partial charge < -0.3 is 5.32 Å². The maximum absolute atomic E-state index is 11.5. The average Bonchev–Trinajstić information content (AvgIpc) is 2.15. The van der Waals surface area contributed by atoms with E-state index in [4.69, 9.17) is 0 Å². The first kappa shape index (κ1) is 12.9. The van der Waals surface area contributed by atoms with Gasteiger partial charge in [-0.3, -0.25) is 0 Å². The van der Waals surface area contributed by atoms with Gasteiger partial charge in [-0.25, -0.2) is 13.1 Å². The van der Waals surface area contributed by atoms with Crippen molar-refractivity contribution in [2.45, 2.75) is 39.2 Å². The molecule has 1 saturated heterocycles. The smallest absolute Gasteiger partial charge is 0.211 e. The van der Waals surface area contributed by atoms with Gasteiger partial charge in [-0.1, -0.05) is 20.3 Å². The fourth-order valence-electron chi connectivity index (χ4n) is 1.82. The topological polar surface area (TPSA) is 58.2 Å². The van der Waals surface area contributed by atoms with Crippen molar-refractivity contribution >= 4 is 10.0 Å². The van der Waals surface area contributed by atoms with Crippen LogP contribution in [-0.4, -0.2) is 33.3 Å². The van der Waals surface area contributed by atoms with Crippen LogP contribution in [0.1, 0.15) is 33.1 Å². The molecule has 15 heavy (non-hydrogen) atoms. The third kappa shape index (κ3) is 5.49. The van der Waals surface area contributed by atoms with E-state index in [0.29, 0.717) is 12.6 Å². The normalized spacial score (nSPS) is 23.3. The van der Waals surface area contributed by atoms with E-state index in [2.05, 4.69) is 10.0 Å². The lowest BCUT2D eigenvalue weighted by molar-refractivity contribution is 0.398. The van der Waals surface area contributed by atoms with Crippen LogP contribution in [-0.2, 0) is 10.0 Å².